The Bertz CT molecular complexity index is 643. The normalized spacial score (nSPS) is 10.5. The van der Waals surface area contributed by atoms with Crippen LogP contribution in [0.15, 0.2) is 40.9 Å². The van der Waals surface area contributed by atoms with Gasteiger partial charge in [0.1, 0.15) is 11.6 Å². The van der Waals surface area contributed by atoms with E-state index < -0.39 is 11.6 Å². The van der Waals surface area contributed by atoms with E-state index in [0.717, 1.165) is 0 Å². The molecule has 0 spiro atoms. The Morgan fingerprint density at radius 1 is 1.16 bits per heavy atom. The molecule has 0 atom stereocenters. The molecule has 98 valence electrons. The van der Waals surface area contributed by atoms with E-state index >= 15 is 0 Å². The molecule has 2 aromatic rings. The molecule has 0 aliphatic carbocycles. The molecule has 2 aromatic carbocycles. The first-order valence-electron chi connectivity index (χ1n) is 5.40. The van der Waals surface area contributed by atoms with Crippen molar-refractivity contribution in [3.63, 3.8) is 0 Å². The smallest absolute Gasteiger partial charge is 0.168 e. The molecular formula is C14H8BrClF2O. The maximum atomic E-state index is 13.3. The van der Waals surface area contributed by atoms with Crippen LogP contribution in [0, 0.1) is 11.6 Å². The fraction of sp³-hybridized carbons (Fsp3) is 0.0714. The van der Waals surface area contributed by atoms with Crippen LogP contribution in [0.2, 0.25) is 5.02 Å². The Morgan fingerprint density at radius 3 is 2.58 bits per heavy atom. The Morgan fingerprint density at radius 2 is 1.89 bits per heavy atom. The van der Waals surface area contributed by atoms with Gasteiger partial charge < -0.3 is 0 Å². The van der Waals surface area contributed by atoms with Gasteiger partial charge >= 0.3 is 0 Å². The van der Waals surface area contributed by atoms with Gasteiger partial charge in [0.05, 0.1) is 9.50 Å². The number of ketones is 1. The summed E-state index contributed by atoms with van der Waals surface area (Å²) in [5.74, 6) is -1.30. The quantitative estimate of drug-likeness (QED) is 0.730. The zero-order valence-corrected chi connectivity index (χ0v) is 11.9. The van der Waals surface area contributed by atoms with Crippen LogP contribution in [0.3, 0.4) is 0 Å². The van der Waals surface area contributed by atoms with Crippen molar-refractivity contribution in [2.75, 3.05) is 0 Å². The highest BCUT2D eigenvalue weighted by molar-refractivity contribution is 9.10. The van der Waals surface area contributed by atoms with Crippen molar-refractivity contribution < 1.29 is 13.6 Å². The van der Waals surface area contributed by atoms with E-state index in [2.05, 4.69) is 15.9 Å². The molecule has 0 aromatic heterocycles. The lowest BCUT2D eigenvalue weighted by molar-refractivity contribution is 0.0991. The lowest BCUT2D eigenvalue weighted by Gasteiger charge is -2.05. The van der Waals surface area contributed by atoms with Gasteiger partial charge in [0.2, 0.25) is 0 Å². The van der Waals surface area contributed by atoms with Crippen molar-refractivity contribution in [3.8, 4) is 0 Å². The van der Waals surface area contributed by atoms with Crippen LogP contribution >= 0.6 is 27.5 Å². The summed E-state index contributed by atoms with van der Waals surface area (Å²) in [6.07, 6.45) is 0.0298. The van der Waals surface area contributed by atoms with Crippen molar-refractivity contribution in [2.45, 2.75) is 6.42 Å². The molecule has 0 radical (unpaired) electrons. The number of carbonyl (C=O) groups is 1. The number of rotatable bonds is 3. The Balaban J connectivity index is 2.26. The zero-order valence-electron chi connectivity index (χ0n) is 9.59. The summed E-state index contributed by atoms with van der Waals surface area (Å²) in [4.78, 5) is 12.0. The van der Waals surface area contributed by atoms with Gasteiger partial charge in [-0.2, -0.15) is 0 Å². The third-order valence-electron chi connectivity index (χ3n) is 2.60. The minimum atomic E-state index is -0.537. The number of benzene rings is 2. The zero-order chi connectivity index (χ0) is 14.0. The molecule has 0 saturated heterocycles. The molecule has 0 heterocycles. The summed E-state index contributed by atoms with van der Waals surface area (Å²) in [5.41, 5.74) is 0.827. The van der Waals surface area contributed by atoms with Gasteiger partial charge in [-0.05, 0) is 39.7 Å². The Labute approximate surface area is 122 Å². The summed E-state index contributed by atoms with van der Waals surface area (Å²) in [5, 5.41) is -0.0383. The van der Waals surface area contributed by atoms with Crippen LogP contribution in [-0.2, 0) is 6.42 Å². The largest absolute Gasteiger partial charge is 0.294 e. The second kappa shape index (κ2) is 5.80. The molecule has 0 aliphatic rings. The van der Waals surface area contributed by atoms with E-state index in [0.29, 0.717) is 5.56 Å². The molecule has 0 N–H and O–H groups in total. The lowest BCUT2D eigenvalue weighted by Crippen LogP contribution is -2.05. The summed E-state index contributed by atoms with van der Waals surface area (Å²) >= 11 is 8.68. The Hall–Kier alpha value is -1.26. The van der Waals surface area contributed by atoms with Gasteiger partial charge in [-0.1, -0.05) is 29.8 Å². The van der Waals surface area contributed by atoms with Crippen molar-refractivity contribution in [1.29, 1.82) is 0 Å². The van der Waals surface area contributed by atoms with Crippen molar-refractivity contribution >= 4 is 33.3 Å². The monoisotopic (exact) mass is 344 g/mol. The predicted molar refractivity (Wildman–Crippen MR) is 73.5 cm³/mol. The molecule has 0 saturated carbocycles. The highest BCUT2D eigenvalue weighted by atomic mass is 79.9. The van der Waals surface area contributed by atoms with Gasteiger partial charge in [-0.15, -0.1) is 0 Å². The van der Waals surface area contributed by atoms with Gasteiger partial charge in [-0.25, -0.2) is 8.78 Å². The SMILES string of the molecule is O=C(Cc1ccc(F)c(Cl)c1)c1cccc(F)c1Br. The first kappa shape index (κ1) is 14.2. The molecular weight excluding hydrogens is 338 g/mol. The molecule has 2 rings (SSSR count). The van der Waals surface area contributed by atoms with Gasteiger partial charge in [0, 0.05) is 12.0 Å². The average Bonchev–Trinajstić information content (AvgIpc) is 2.37. The molecule has 0 bridgehead atoms. The molecule has 0 unspecified atom stereocenters. The van der Waals surface area contributed by atoms with Crippen LogP contribution < -0.4 is 0 Å². The highest BCUT2D eigenvalue weighted by Gasteiger charge is 2.14. The summed E-state index contributed by atoms with van der Waals surface area (Å²) in [6.45, 7) is 0. The second-order valence-electron chi connectivity index (χ2n) is 3.95. The van der Waals surface area contributed by atoms with Crippen LogP contribution in [0.25, 0.3) is 0 Å². The first-order chi connectivity index (χ1) is 8.99. The van der Waals surface area contributed by atoms with E-state index in [1.807, 2.05) is 0 Å². The fourth-order valence-electron chi connectivity index (χ4n) is 1.65. The van der Waals surface area contributed by atoms with Gasteiger partial charge in [0.25, 0.3) is 0 Å². The summed E-state index contributed by atoms with van der Waals surface area (Å²) < 4.78 is 26.5. The maximum absolute atomic E-state index is 13.3. The Kier molecular flexibility index (Phi) is 4.32. The summed E-state index contributed by atoms with van der Waals surface area (Å²) in [6, 6.07) is 8.32. The third-order valence-corrected chi connectivity index (χ3v) is 3.70. The van der Waals surface area contributed by atoms with Gasteiger partial charge in [0.15, 0.2) is 5.78 Å². The van der Waals surface area contributed by atoms with Crippen LogP contribution in [0.4, 0.5) is 8.78 Å². The van der Waals surface area contributed by atoms with E-state index in [-0.39, 0.29) is 27.3 Å². The number of hydrogen-bond donors (Lipinski definition) is 0. The number of carbonyl (C=O) groups excluding carboxylic acids is 1. The molecule has 19 heavy (non-hydrogen) atoms. The third kappa shape index (κ3) is 3.19. The minimum absolute atomic E-state index is 0.0298. The number of halogens is 4. The van der Waals surface area contributed by atoms with Crippen molar-refractivity contribution in [2.24, 2.45) is 0 Å². The van der Waals surface area contributed by atoms with Crippen molar-refractivity contribution in [1.82, 2.24) is 0 Å². The maximum Gasteiger partial charge on any atom is 0.168 e. The van der Waals surface area contributed by atoms with Crippen LogP contribution in [0.1, 0.15) is 15.9 Å². The van der Waals surface area contributed by atoms with Crippen LogP contribution in [0.5, 0.6) is 0 Å². The van der Waals surface area contributed by atoms with E-state index in [4.69, 9.17) is 11.6 Å². The molecule has 0 aliphatic heterocycles. The van der Waals surface area contributed by atoms with Gasteiger partial charge in [-0.3, -0.25) is 4.79 Å². The minimum Gasteiger partial charge on any atom is -0.294 e. The molecule has 0 fully saturated rings. The first-order valence-corrected chi connectivity index (χ1v) is 6.57. The van der Waals surface area contributed by atoms with E-state index in [9.17, 15) is 13.6 Å². The van der Waals surface area contributed by atoms with Crippen molar-refractivity contribution in [3.05, 3.63) is 68.7 Å². The standard InChI is InChI=1S/C14H8BrClF2O/c15-14-9(2-1-3-12(14)18)13(19)7-8-4-5-11(17)10(16)6-8/h1-6H,7H2. The molecule has 0 amide bonds. The molecule has 5 heteroatoms. The summed E-state index contributed by atoms with van der Waals surface area (Å²) in [7, 11) is 0. The molecule has 1 nitrogen and oxygen atoms in total. The second-order valence-corrected chi connectivity index (χ2v) is 5.15. The van der Waals surface area contributed by atoms with Crippen LogP contribution in [-0.4, -0.2) is 5.78 Å². The lowest BCUT2D eigenvalue weighted by atomic mass is 10.0. The average molecular weight is 346 g/mol. The number of hydrogen-bond acceptors (Lipinski definition) is 1. The van der Waals surface area contributed by atoms with E-state index in [1.54, 1.807) is 0 Å². The number of Topliss-reactive ketones (excluding diaryl/α,β-unsaturated/α-hetero) is 1. The fourth-order valence-corrected chi connectivity index (χ4v) is 2.34. The predicted octanol–water partition coefficient (Wildman–Crippen LogP) is 4.81. The highest BCUT2D eigenvalue weighted by Crippen LogP contribution is 2.23. The van der Waals surface area contributed by atoms with E-state index in [1.165, 1.54) is 36.4 Å². The topological polar surface area (TPSA) is 17.1 Å².